The highest BCUT2D eigenvalue weighted by atomic mass is 16.5. The molecule has 0 radical (unpaired) electrons. The predicted molar refractivity (Wildman–Crippen MR) is 109 cm³/mol. The van der Waals surface area contributed by atoms with Crippen LogP contribution in [0.3, 0.4) is 0 Å². The number of ether oxygens (including phenoxy) is 1. The Labute approximate surface area is 170 Å². The van der Waals surface area contributed by atoms with E-state index in [0.29, 0.717) is 11.1 Å². The van der Waals surface area contributed by atoms with Gasteiger partial charge in [-0.05, 0) is 29.0 Å². The number of amides is 3. The lowest BCUT2D eigenvalue weighted by atomic mass is 9.84. The zero-order valence-electron chi connectivity index (χ0n) is 17.4. The lowest BCUT2D eigenvalue weighted by Gasteiger charge is -2.27. The van der Waals surface area contributed by atoms with E-state index < -0.39 is 29.5 Å². The molecule has 3 rings (SSSR count). The number of rotatable bonds is 4. The van der Waals surface area contributed by atoms with Crippen molar-refractivity contribution in [2.24, 2.45) is 0 Å². The number of esters is 1. The fourth-order valence-electron chi connectivity index (χ4n) is 3.53. The number of nitrogens with zero attached hydrogens (tertiary/aromatic N) is 1. The number of benzene rings is 2. The monoisotopic (exact) mass is 394 g/mol. The van der Waals surface area contributed by atoms with Crippen molar-refractivity contribution in [2.75, 3.05) is 7.11 Å². The first-order valence-corrected chi connectivity index (χ1v) is 9.49. The molecule has 0 aromatic heterocycles. The van der Waals surface area contributed by atoms with Crippen molar-refractivity contribution in [1.29, 1.82) is 0 Å². The summed E-state index contributed by atoms with van der Waals surface area (Å²) < 4.78 is 4.89. The minimum absolute atomic E-state index is 0.0301. The average molecular weight is 394 g/mol. The van der Waals surface area contributed by atoms with E-state index in [1.807, 2.05) is 24.3 Å². The maximum Gasteiger partial charge on any atom is 0.333 e. The molecule has 0 aliphatic carbocycles. The van der Waals surface area contributed by atoms with E-state index in [9.17, 15) is 14.4 Å². The molecule has 29 heavy (non-hydrogen) atoms. The summed E-state index contributed by atoms with van der Waals surface area (Å²) in [5.41, 5.74) is 0.986. The second-order valence-electron chi connectivity index (χ2n) is 8.39. The zero-order chi connectivity index (χ0) is 21.4. The molecular weight excluding hydrogens is 368 g/mol. The van der Waals surface area contributed by atoms with Crippen LogP contribution < -0.4 is 5.32 Å². The van der Waals surface area contributed by atoms with E-state index in [2.05, 4.69) is 26.1 Å². The molecule has 2 atom stereocenters. The molecule has 1 fully saturated rings. The molecule has 1 aliphatic heterocycles. The summed E-state index contributed by atoms with van der Waals surface area (Å²) in [6.07, 6.45) is 0. The summed E-state index contributed by atoms with van der Waals surface area (Å²) in [7, 11) is 1.24. The van der Waals surface area contributed by atoms with Gasteiger partial charge in [0.25, 0.3) is 5.91 Å². The summed E-state index contributed by atoms with van der Waals surface area (Å²) in [6.45, 7) is 7.97. The molecule has 2 unspecified atom stereocenters. The second-order valence-corrected chi connectivity index (χ2v) is 8.39. The third kappa shape index (κ3) is 3.62. The molecule has 1 N–H and O–H groups in total. The van der Waals surface area contributed by atoms with E-state index in [4.69, 9.17) is 4.74 Å². The maximum atomic E-state index is 13.4. The first kappa shape index (κ1) is 20.6. The van der Waals surface area contributed by atoms with E-state index in [1.165, 1.54) is 7.11 Å². The lowest BCUT2D eigenvalue weighted by Crippen LogP contribution is -2.43. The predicted octanol–water partition coefficient (Wildman–Crippen LogP) is 3.67. The molecular formula is C23H26N2O4. The van der Waals surface area contributed by atoms with Gasteiger partial charge in [0, 0.05) is 0 Å². The number of nitrogens with one attached hydrogen (secondary N) is 1. The van der Waals surface area contributed by atoms with Crippen LogP contribution in [0.25, 0.3) is 0 Å². The molecule has 6 heteroatoms. The van der Waals surface area contributed by atoms with Crippen LogP contribution in [0.15, 0.2) is 54.6 Å². The van der Waals surface area contributed by atoms with Gasteiger partial charge in [0.1, 0.15) is 5.54 Å². The van der Waals surface area contributed by atoms with Crippen LogP contribution in [-0.4, -0.2) is 29.9 Å². The number of carbonyl (C=O) groups excluding carboxylic acids is 3. The highest BCUT2D eigenvalue weighted by Gasteiger charge is 2.53. The molecule has 1 heterocycles. The Morgan fingerprint density at radius 2 is 1.62 bits per heavy atom. The van der Waals surface area contributed by atoms with Crippen LogP contribution in [0.4, 0.5) is 4.79 Å². The Morgan fingerprint density at radius 1 is 1.03 bits per heavy atom. The normalized spacial score (nSPS) is 20.4. The molecule has 2 aromatic rings. The van der Waals surface area contributed by atoms with Gasteiger partial charge in [-0.25, -0.2) is 14.5 Å². The van der Waals surface area contributed by atoms with Crippen LogP contribution in [0.2, 0.25) is 0 Å². The van der Waals surface area contributed by atoms with Crippen LogP contribution in [0.1, 0.15) is 50.4 Å². The first-order valence-electron chi connectivity index (χ1n) is 9.49. The van der Waals surface area contributed by atoms with E-state index in [-0.39, 0.29) is 5.41 Å². The lowest BCUT2D eigenvalue weighted by molar-refractivity contribution is -0.150. The number of methoxy groups -OCH3 is 1. The standard InChI is InChI=1S/C23H26N2O4/c1-22(2,3)16-11-13-17(14-12-16)23(4)20(27)25(21(28)24-23)18(19(26)29-5)15-9-7-6-8-10-15/h6-14,18H,1-5H3,(H,24,28). The topological polar surface area (TPSA) is 75.7 Å². The second kappa shape index (κ2) is 7.35. The van der Waals surface area contributed by atoms with Crippen molar-refractivity contribution in [3.05, 3.63) is 71.3 Å². The fraction of sp³-hybridized carbons (Fsp3) is 0.348. The average Bonchev–Trinajstić information content (AvgIpc) is 2.92. The number of urea groups is 1. The van der Waals surface area contributed by atoms with Crippen molar-refractivity contribution in [2.45, 2.75) is 44.7 Å². The van der Waals surface area contributed by atoms with Gasteiger partial charge in [0.15, 0.2) is 6.04 Å². The quantitative estimate of drug-likeness (QED) is 0.634. The van der Waals surface area contributed by atoms with Gasteiger partial charge in [-0.2, -0.15) is 0 Å². The minimum atomic E-state index is -1.27. The number of imide groups is 1. The van der Waals surface area contributed by atoms with Crippen molar-refractivity contribution in [1.82, 2.24) is 10.2 Å². The minimum Gasteiger partial charge on any atom is -0.467 e. The summed E-state index contributed by atoms with van der Waals surface area (Å²) in [4.78, 5) is 39.7. The smallest absolute Gasteiger partial charge is 0.333 e. The van der Waals surface area contributed by atoms with Crippen molar-refractivity contribution < 1.29 is 19.1 Å². The van der Waals surface area contributed by atoms with Crippen molar-refractivity contribution in [3.63, 3.8) is 0 Å². The molecule has 152 valence electrons. The van der Waals surface area contributed by atoms with Crippen LogP contribution >= 0.6 is 0 Å². The van der Waals surface area contributed by atoms with Gasteiger partial charge in [0.2, 0.25) is 0 Å². The van der Waals surface area contributed by atoms with Gasteiger partial charge in [-0.15, -0.1) is 0 Å². The van der Waals surface area contributed by atoms with Gasteiger partial charge in [0.05, 0.1) is 7.11 Å². The summed E-state index contributed by atoms with van der Waals surface area (Å²) in [6, 6.07) is 14.5. The highest BCUT2D eigenvalue weighted by Crippen LogP contribution is 2.35. The Balaban J connectivity index is 2.00. The summed E-state index contributed by atoms with van der Waals surface area (Å²) in [5.74, 6) is -1.17. The first-order chi connectivity index (χ1) is 13.6. The third-order valence-corrected chi connectivity index (χ3v) is 5.35. The number of carbonyl (C=O) groups is 3. The number of hydrogen-bond donors (Lipinski definition) is 1. The zero-order valence-corrected chi connectivity index (χ0v) is 17.4. The summed E-state index contributed by atoms with van der Waals surface area (Å²) >= 11 is 0. The van der Waals surface area contributed by atoms with Gasteiger partial charge in [-0.1, -0.05) is 75.4 Å². The van der Waals surface area contributed by atoms with E-state index >= 15 is 0 Å². The Hall–Kier alpha value is -3.15. The molecule has 2 aromatic carbocycles. The molecule has 1 saturated heterocycles. The van der Waals surface area contributed by atoms with Crippen LogP contribution in [-0.2, 0) is 25.3 Å². The Bertz CT molecular complexity index is 932. The molecule has 0 bridgehead atoms. The highest BCUT2D eigenvalue weighted by molar-refractivity contribution is 6.09. The van der Waals surface area contributed by atoms with Gasteiger partial charge >= 0.3 is 12.0 Å². The van der Waals surface area contributed by atoms with Gasteiger partial charge < -0.3 is 10.1 Å². The molecule has 0 saturated carbocycles. The van der Waals surface area contributed by atoms with Crippen molar-refractivity contribution in [3.8, 4) is 0 Å². The van der Waals surface area contributed by atoms with Crippen molar-refractivity contribution >= 4 is 17.9 Å². The molecule has 1 aliphatic rings. The Morgan fingerprint density at radius 3 is 2.14 bits per heavy atom. The Kier molecular flexibility index (Phi) is 5.22. The molecule has 0 spiro atoms. The van der Waals surface area contributed by atoms with Crippen LogP contribution in [0.5, 0.6) is 0 Å². The SMILES string of the molecule is COC(=O)C(c1ccccc1)N1C(=O)NC(C)(c2ccc(C(C)(C)C)cc2)C1=O. The fourth-order valence-corrected chi connectivity index (χ4v) is 3.53. The van der Waals surface area contributed by atoms with E-state index in [1.54, 1.807) is 37.3 Å². The summed E-state index contributed by atoms with van der Waals surface area (Å²) in [5, 5.41) is 2.76. The molecule has 6 nitrogen and oxygen atoms in total. The molecule has 3 amide bonds. The van der Waals surface area contributed by atoms with Gasteiger partial charge in [-0.3, -0.25) is 4.79 Å². The number of hydrogen-bond acceptors (Lipinski definition) is 4. The van der Waals surface area contributed by atoms with E-state index in [0.717, 1.165) is 10.5 Å². The third-order valence-electron chi connectivity index (χ3n) is 5.35. The van der Waals surface area contributed by atoms with Crippen LogP contribution in [0, 0.1) is 0 Å². The maximum absolute atomic E-state index is 13.4. The largest absolute Gasteiger partial charge is 0.467 e.